The van der Waals surface area contributed by atoms with Crippen molar-refractivity contribution in [3.8, 4) is 11.5 Å². The number of aliphatic imine (C=N–C) groups is 1. The van der Waals surface area contributed by atoms with Crippen molar-refractivity contribution in [3.63, 3.8) is 0 Å². The minimum atomic E-state index is -0.789. The van der Waals surface area contributed by atoms with Crippen LogP contribution in [0.2, 0.25) is 0 Å². The van der Waals surface area contributed by atoms with Crippen LogP contribution in [0.4, 0.5) is 5.69 Å². The third-order valence-corrected chi connectivity index (χ3v) is 4.83. The Morgan fingerprint density at radius 3 is 2.54 bits per heavy atom. The van der Waals surface area contributed by atoms with Crippen LogP contribution >= 0.6 is 0 Å². The van der Waals surface area contributed by atoms with E-state index in [1.807, 2.05) is 55.5 Å². The van der Waals surface area contributed by atoms with Gasteiger partial charge in [0.1, 0.15) is 11.6 Å². The first-order valence-electron chi connectivity index (χ1n) is 9.54. The monoisotopic (exact) mass is 381 g/mol. The van der Waals surface area contributed by atoms with Crippen molar-refractivity contribution in [2.75, 3.05) is 31.5 Å². The molecule has 0 saturated heterocycles. The molecule has 148 valence electrons. The van der Waals surface area contributed by atoms with E-state index in [0.717, 1.165) is 35.1 Å². The normalized spacial score (nSPS) is 14.6. The van der Waals surface area contributed by atoms with E-state index in [0.29, 0.717) is 19.6 Å². The summed E-state index contributed by atoms with van der Waals surface area (Å²) >= 11 is 0. The minimum Gasteiger partial charge on any atom is -0.481 e. The van der Waals surface area contributed by atoms with Crippen LogP contribution in [0.1, 0.15) is 26.3 Å². The molecule has 3 rings (SSSR count). The van der Waals surface area contributed by atoms with Gasteiger partial charge >= 0.3 is 5.97 Å². The Morgan fingerprint density at radius 2 is 1.82 bits per heavy atom. The lowest BCUT2D eigenvalue weighted by Crippen LogP contribution is -2.40. The Balaban J connectivity index is 1.78. The van der Waals surface area contributed by atoms with Gasteiger partial charge in [-0.05, 0) is 44.7 Å². The van der Waals surface area contributed by atoms with Gasteiger partial charge < -0.3 is 20.1 Å². The number of para-hydroxylation sites is 3. The summed E-state index contributed by atoms with van der Waals surface area (Å²) in [5.41, 5.74) is 0.993. The van der Waals surface area contributed by atoms with Gasteiger partial charge in [-0.15, -0.1) is 0 Å². The van der Waals surface area contributed by atoms with Crippen molar-refractivity contribution < 1.29 is 14.6 Å². The topological polar surface area (TPSA) is 74.2 Å². The number of fused-ring (bicyclic) bond motifs is 2. The highest BCUT2D eigenvalue weighted by Crippen LogP contribution is 2.35. The van der Waals surface area contributed by atoms with Gasteiger partial charge in [-0.25, -0.2) is 0 Å². The summed E-state index contributed by atoms with van der Waals surface area (Å²) in [6, 6.07) is 15.6. The zero-order valence-corrected chi connectivity index (χ0v) is 16.6. The Hall–Kier alpha value is -2.86. The van der Waals surface area contributed by atoms with Crippen molar-refractivity contribution in [1.82, 2.24) is 4.90 Å². The summed E-state index contributed by atoms with van der Waals surface area (Å²) < 4.78 is 6.05. The van der Waals surface area contributed by atoms with E-state index in [2.05, 4.69) is 10.2 Å². The van der Waals surface area contributed by atoms with E-state index in [4.69, 9.17) is 9.73 Å². The maximum Gasteiger partial charge on any atom is 0.310 e. The molecule has 0 spiro atoms. The van der Waals surface area contributed by atoms with Crippen molar-refractivity contribution in [1.29, 1.82) is 0 Å². The van der Waals surface area contributed by atoms with Gasteiger partial charge in [-0.3, -0.25) is 9.79 Å². The Labute approximate surface area is 165 Å². The van der Waals surface area contributed by atoms with E-state index < -0.39 is 11.4 Å². The lowest BCUT2D eigenvalue weighted by atomic mass is 9.93. The lowest BCUT2D eigenvalue weighted by molar-refractivity contribution is -0.147. The van der Waals surface area contributed by atoms with E-state index in [9.17, 15) is 9.90 Å². The summed E-state index contributed by atoms with van der Waals surface area (Å²) in [4.78, 5) is 18.3. The van der Waals surface area contributed by atoms with Crippen molar-refractivity contribution in [3.05, 3.63) is 54.1 Å². The van der Waals surface area contributed by atoms with Crippen LogP contribution in [0.25, 0.3) is 0 Å². The van der Waals surface area contributed by atoms with Crippen molar-refractivity contribution >= 4 is 17.5 Å². The minimum absolute atomic E-state index is 0.486. The molecule has 1 heterocycles. The predicted octanol–water partition coefficient (Wildman–Crippen LogP) is 4.08. The van der Waals surface area contributed by atoms with Crippen LogP contribution in [0.5, 0.6) is 11.5 Å². The number of carbonyl (C=O) groups is 1. The van der Waals surface area contributed by atoms with Crippen LogP contribution in [0.15, 0.2) is 53.5 Å². The second kappa shape index (κ2) is 8.44. The fraction of sp³-hybridized carbons (Fsp3) is 0.364. The molecule has 0 radical (unpaired) electrons. The zero-order valence-electron chi connectivity index (χ0n) is 16.6. The third kappa shape index (κ3) is 4.51. The number of hydrogen-bond donors (Lipinski definition) is 2. The van der Waals surface area contributed by atoms with E-state index in [1.165, 1.54) is 0 Å². The number of aliphatic carboxylic acids is 1. The number of rotatable bonds is 7. The SMILES string of the molecule is CCN(CCN=C1Nc2ccccc2Oc2ccccc21)CC(C)(C)C(=O)O. The molecule has 0 atom stereocenters. The fourth-order valence-corrected chi connectivity index (χ4v) is 3.13. The summed E-state index contributed by atoms with van der Waals surface area (Å²) in [6.07, 6.45) is 0. The molecule has 0 aromatic heterocycles. The molecule has 2 N–H and O–H groups in total. The summed E-state index contributed by atoms with van der Waals surface area (Å²) in [7, 11) is 0. The number of likely N-dealkylation sites (N-methyl/N-ethyl adjacent to an activating group) is 1. The number of nitrogens with one attached hydrogen (secondary N) is 1. The highest BCUT2D eigenvalue weighted by Gasteiger charge is 2.29. The molecular weight excluding hydrogens is 354 g/mol. The molecule has 0 saturated carbocycles. The van der Waals surface area contributed by atoms with Gasteiger partial charge in [0.25, 0.3) is 0 Å². The molecule has 6 heteroatoms. The van der Waals surface area contributed by atoms with E-state index >= 15 is 0 Å². The average Bonchev–Trinajstić information content (AvgIpc) is 2.83. The number of carboxylic acid groups (broad SMARTS) is 1. The molecule has 0 bridgehead atoms. The van der Waals surface area contributed by atoms with Crippen LogP contribution in [-0.2, 0) is 4.79 Å². The zero-order chi connectivity index (χ0) is 20.1. The number of amidine groups is 1. The molecule has 2 aromatic carbocycles. The molecule has 0 unspecified atom stereocenters. The van der Waals surface area contributed by atoms with Gasteiger partial charge in [-0.1, -0.05) is 31.2 Å². The molecule has 0 amide bonds. The van der Waals surface area contributed by atoms with Crippen LogP contribution in [0, 0.1) is 5.41 Å². The second-order valence-electron chi connectivity index (χ2n) is 7.51. The lowest BCUT2D eigenvalue weighted by Gasteiger charge is -2.28. The van der Waals surface area contributed by atoms with Crippen LogP contribution in [-0.4, -0.2) is 48.0 Å². The highest BCUT2D eigenvalue weighted by molar-refractivity contribution is 6.11. The molecule has 6 nitrogen and oxygen atoms in total. The molecule has 2 aromatic rings. The Morgan fingerprint density at radius 1 is 1.14 bits per heavy atom. The maximum absolute atomic E-state index is 11.4. The van der Waals surface area contributed by atoms with Gasteiger partial charge in [-0.2, -0.15) is 0 Å². The molecule has 1 aliphatic rings. The molecule has 28 heavy (non-hydrogen) atoms. The van der Waals surface area contributed by atoms with Gasteiger partial charge in [0.15, 0.2) is 5.75 Å². The summed E-state index contributed by atoms with van der Waals surface area (Å²) in [6.45, 7) is 8.04. The summed E-state index contributed by atoms with van der Waals surface area (Å²) in [5.74, 6) is 1.50. The molecular formula is C22H27N3O3. The number of ether oxygens (including phenoxy) is 1. The van der Waals surface area contributed by atoms with Crippen LogP contribution in [0.3, 0.4) is 0 Å². The first kappa shape index (κ1) is 19.9. The van der Waals surface area contributed by atoms with Crippen molar-refractivity contribution in [2.24, 2.45) is 10.4 Å². The Bertz CT molecular complexity index is 877. The summed E-state index contributed by atoms with van der Waals surface area (Å²) in [5, 5.41) is 12.8. The first-order chi connectivity index (χ1) is 13.4. The quantitative estimate of drug-likeness (QED) is 0.756. The average molecular weight is 381 g/mol. The van der Waals surface area contributed by atoms with Gasteiger partial charge in [0, 0.05) is 13.1 Å². The molecule has 0 aliphatic carbocycles. The van der Waals surface area contributed by atoms with Crippen LogP contribution < -0.4 is 10.1 Å². The maximum atomic E-state index is 11.4. The number of hydrogen-bond acceptors (Lipinski definition) is 4. The standard InChI is InChI=1S/C22H27N3O3/c1-4-25(15-22(2,3)21(26)27)14-13-23-20-16-9-5-7-11-18(16)28-19-12-8-6-10-17(19)24-20/h5-12H,4,13-15H2,1-3H3,(H,23,24)(H,26,27). The molecule has 1 aliphatic heterocycles. The van der Waals surface area contributed by atoms with E-state index in [1.54, 1.807) is 13.8 Å². The second-order valence-corrected chi connectivity index (χ2v) is 7.51. The first-order valence-corrected chi connectivity index (χ1v) is 9.54. The number of nitrogens with zero attached hydrogens (tertiary/aromatic N) is 2. The number of carboxylic acids is 1. The Kier molecular flexibility index (Phi) is 5.99. The largest absolute Gasteiger partial charge is 0.481 e. The van der Waals surface area contributed by atoms with E-state index in [-0.39, 0.29) is 0 Å². The third-order valence-electron chi connectivity index (χ3n) is 4.83. The smallest absolute Gasteiger partial charge is 0.310 e. The fourth-order valence-electron chi connectivity index (χ4n) is 3.13. The van der Waals surface area contributed by atoms with Gasteiger partial charge in [0.2, 0.25) is 0 Å². The predicted molar refractivity (Wildman–Crippen MR) is 112 cm³/mol. The number of anilines is 1. The highest BCUT2D eigenvalue weighted by atomic mass is 16.5. The molecule has 0 fully saturated rings. The van der Waals surface area contributed by atoms with Gasteiger partial charge in [0.05, 0.1) is 23.2 Å². The van der Waals surface area contributed by atoms with Crippen molar-refractivity contribution in [2.45, 2.75) is 20.8 Å². The number of benzene rings is 2.